The largest absolute Gasteiger partial charge is 0.463 e. The fourth-order valence-corrected chi connectivity index (χ4v) is 1.76. The third-order valence-corrected chi connectivity index (χ3v) is 2.73. The fourth-order valence-electron chi connectivity index (χ4n) is 1.76. The van der Waals surface area contributed by atoms with Gasteiger partial charge in [0.1, 0.15) is 5.76 Å². The van der Waals surface area contributed by atoms with Crippen molar-refractivity contribution in [2.45, 2.75) is 20.4 Å². The number of nitrogens with one attached hydrogen (secondary N) is 1. The molecule has 0 unspecified atom stereocenters. The molecule has 0 saturated heterocycles. The second kappa shape index (κ2) is 5.00. The van der Waals surface area contributed by atoms with Crippen LogP contribution in [0.5, 0.6) is 0 Å². The van der Waals surface area contributed by atoms with Crippen molar-refractivity contribution in [3.63, 3.8) is 0 Å². The molecule has 96 valence electrons. The molecule has 2 aromatic rings. The van der Waals surface area contributed by atoms with Gasteiger partial charge in [-0.2, -0.15) is 0 Å². The Labute approximate surface area is 105 Å². The molecule has 0 aliphatic rings. The molecular weight excluding hydrogens is 232 g/mol. The van der Waals surface area contributed by atoms with Crippen molar-refractivity contribution in [3.8, 4) is 0 Å². The Morgan fingerprint density at radius 2 is 1.94 bits per heavy atom. The molecule has 0 amide bonds. The second-order valence-corrected chi connectivity index (χ2v) is 4.04. The highest BCUT2D eigenvalue weighted by Gasteiger charge is 2.11. The zero-order chi connectivity index (χ0) is 13.1. The first-order valence-corrected chi connectivity index (χ1v) is 5.67. The Balaban J connectivity index is 2.03. The number of aromatic nitrogens is 1. The van der Waals surface area contributed by atoms with E-state index in [2.05, 4.69) is 10.2 Å². The first-order valence-electron chi connectivity index (χ1n) is 5.67. The number of furan rings is 1. The molecule has 5 nitrogen and oxygen atoms in total. The number of methoxy groups -OCH3 is 1. The van der Waals surface area contributed by atoms with E-state index in [1.807, 2.05) is 30.7 Å². The Kier molecular flexibility index (Phi) is 3.41. The van der Waals surface area contributed by atoms with E-state index >= 15 is 0 Å². The normalized spacial score (nSPS) is 10.4. The van der Waals surface area contributed by atoms with Gasteiger partial charge < -0.3 is 14.6 Å². The van der Waals surface area contributed by atoms with Crippen LogP contribution in [-0.2, 0) is 11.3 Å². The fraction of sp³-hybridized carbons (Fsp3) is 0.308. The minimum absolute atomic E-state index is 0.218. The van der Waals surface area contributed by atoms with Crippen LogP contribution in [0.1, 0.15) is 27.7 Å². The zero-order valence-electron chi connectivity index (χ0n) is 10.7. The van der Waals surface area contributed by atoms with E-state index in [0.29, 0.717) is 12.3 Å². The summed E-state index contributed by atoms with van der Waals surface area (Å²) in [4.78, 5) is 11.2. The molecule has 0 bridgehead atoms. The lowest BCUT2D eigenvalue weighted by Gasteiger charge is -2.10. The summed E-state index contributed by atoms with van der Waals surface area (Å²) in [6, 6.07) is 7.43. The standard InChI is InChI=1S/C13H16N2O3/c1-9-4-5-10(2)15(9)14-8-11-6-7-12(18-11)13(16)17-3/h4-7,14H,8H2,1-3H3. The van der Waals surface area contributed by atoms with Crippen LogP contribution in [-0.4, -0.2) is 17.8 Å². The van der Waals surface area contributed by atoms with Crippen LogP contribution >= 0.6 is 0 Å². The average Bonchev–Trinajstić information content (AvgIpc) is 2.95. The third kappa shape index (κ3) is 2.40. The molecule has 0 fully saturated rings. The van der Waals surface area contributed by atoms with Gasteiger partial charge in [0.15, 0.2) is 0 Å². The molecule has 0 saturated carbocycles. The van der Waals surface area contributed by atoms with Crippen molar-refractivity contribution >= 4 is 5.97 Å². The Bertz CT molecular complexity index is 535. The van der Waals surface area contributed by atoms with Crippen molar-refractivity contribution < 1.29 is 13.9 Å². The van der Waals surface area contributed by atoms with Crippen LogP contribution in [0, 0.1) is 13.8 Å². The van der Waals surface area contributed by atoms with E-state index in [1.165, 1.54) is 7.11 Å². The van der Waals surface area contributed by atoms with Gasteiger partial charge in [-0.15, -0.1) is 0 Å². The maximum atomic E-state index is 11.2. The SMILES string of the molecule is COC(=O)c1ccc(CNn2c(C)ccc2C)o1. The molecular formula is C13H16N2O3. The van der Waals surface area contributed by atoms with Crippen LogP contribution in [0.25, 0.3) is 0 Å². The van der Waals surface area contributed by atoms with Gasteiger partial charge in [-0.25, -0.2) is 4.79 Å². The Hall–Kier alpha value is -2.17. The van der Waals surface area contributed by atoms with E-state index in [4.69, 9.17) is 4.42 Å². The molecule has 0 aliphatic carbocycles. The van der Waals surface area contributed by atoms with Crippen LogP contribution in [0.15, 0.2) is 28.7 Å². The van der Waals surface area contributed by atoms with Crippen molar-refractivity contribution in [3.05, 3.63) is 47.2 Å². The molecule has 0 radical (unpaired) electrons. The lowest BCUT2D eigenvalue weighted by molar-refractivity contribution is 0.0563. The summed E-state index contributed by atoms with van der Waals surface area (Å²) in [5.74, 6) is 0.438. The maximum absolute atomic E-state index is 11.2. The lowest BCUT2D eigenvalue weighted by atomic mass is 10.4. The highest BCUT2D eigenvalue weighted by molar-refractivity contribution is 5.86. The maximum Gasteiger partial charge on any atom is 0.373 e. The molecule has 18 heavy (non-hydrogen) atoms. The van der Waals surface area contributed by atoms with E-state index in [0.717, 1.165) is 11.4 Å². The number of hydrogen-bond donors (Lipinski definition) is 1. The number of ether oxygens (including phenoxy) is 1. The summed E-state index contributed by atoms with van der Waals surface area (Å²) in [6.45, 7) is 4.54. The number of nitrogens with zero attached hydrogens (tertiary/aromatic N) is 1. The zero-order valence-corrected chi connectivity index (χ0v) is 10.7. The van der Waals surface area contributed by atoms with Gasteiger partial charge in [0, 0.05) is 11.4 Å². The van der Waals surface area contributed by atoms with Crippen LogP contribution in [0.2, 0.25) is 0 Å². The number of rotatable bonds is 4. The first kappa shape index (κ1) is 12.3. The first-order chi connectivity index (χ1) is 8.61. The Morgan fingerprint density at radius 3 is 2.56 bits per heavy atom. The van der Waals surface area contributed by atoms with E-state index < -0.39 is 5.97 Å². The molecule has 2 aromatic heterocycles. The lowest BCUT2D eigenvalue weighted by Crippen LogP contribution is -2.16. The molecule has 0 aromatic carbocycles. The summed E-state index contributed by atoms with van der Waals surface area (Å²) in [7, 11) is 1.33. The van der Waals surface area contributed by atoms with Gasteiger partial charge in [0.2, 0.25) is 5.76 Å². The number of aryl methyl sites for hydroxylation is 2. The smallest absolute Gasteiger partial charge is 0.373 e. The van der Waals surface area contributed by atoms with Crippen molar-refractivity contribution in [1.29, 1.82) is 0 Å². The summed E-state index contributed by atoms with van der Waals surface area (Å²) in [5, 5.41) is 0. The van der Waals surface area contributed by atoms with E-state index in [9.17, 15) is 4.79 Å². The van der Waals surface area contributed by atoms with Gasteiger partial charge in [0.05, 0.1) is 13.7 Å². The van der Waals surface area contributed by atoms with Gasteiger partial charge in [-0.3, -0.25) is 4.68 Å². The average molecular weight is 248 g/mol. The third-order valence-electron chi connectivity index (χ3n) is 2.73. The predicted octanol–water partition coefficient (Wildman–Crippen LogP) is 2.23. The monoisotopic (exact) mass is 248 g/mol. The van der Waals surface area contributed by atoms with Crippen LogP contribution in [0.4, 0.5) is 0 Å². The van der Waals surface area contributed by atoms with Crippen molar-refractivity contribution in [2.75, 3.05) is 12.5 Å². The number of carbonyl (C=O) groups excluding carboxylic acids is 1. The van der Waals surface area contributed by atoms with E-state index in [1.54, 1.807) is 12.1 Å². The van der Waals surface area contributed by atoms with Gasteiger partial charge in [0.25, 0.3) is 0 Å². The molecule has 5 heteroatoms. The minimum Gasteiger partial charge on any atom is -0.463 e. The molecule has 1 N–H and O–H groups in total. The molecule has 0 spiro atoms. The van der Waals surface area contributed by atoms with Crippen molar-refractivity contribution in [1.82, 2.24) is 4.68 Å². The van der Waals surface area contributed by atoms with Crippen LogP contribution in [0.3, 0.4) is 0 Å². The molecule has 0 atom stereocenters. The summed E-state index contributed by atoms with van der Waals surface area (Å²) < 4.78 is 11.9. The van der Waals surface area contributed by atoms with Gasteiger partial charge >= 0.3 is 5.97 Å². The van der Waals surface area contributed by atoms with Gasteiger partial charge in [-0.05, 0) is 38.1 Å². The predicted molar refractivity (Wildman–Crippen MR) is 67.0 cm³/mol. The molecule has 2 heterocycles. The van der Waals surface area contributed by atoms with Crippen molar-refractivity contribution in [2.24, 2.45) is 0 Å². The highest BCUT2D eigenvalue weighted by Crippen LogP contribution is 2.10. The second-order valence-electron chi connectivity index (χ2n) is 4.04. The molecule has 2 rings (SSSR count). The number of carbonyl (C=O) groups is 1. The minimum atomic E-state index is -0.463. The van der Waals surface area contributed by atoms with Crippen LogP contribution < -0.4 is 5.43 Å². The quantitative estimate of drug-likeness (QED) is 0.843. The Morgan fingerprint density at radius 1 is 1.28 bits per heavy atom. The topological polar surface area (TPSA) is 56.4 Å². The summed E-state index contributed by atoms with van der Waals surface area (Å²) in [6.07, 6.45) is 0. The molecule has 0 aliphatic heterocycles. The summed E-state index contributed by atoms with van der Waals surface area (Å²) >= 11 is 0. The number of hydrogen-bond acceptors (Lipinski definition) is 4. The summed E-state index contributed by atoms with van der Waals surface area (Å²) in [5.41, 5.74) is 5.45. The highest BCUT2D eigenvalue weighted by atomic mass is 16.5. The van der Waals surface area contributed by atoms with E-state index in [-0.39, 0.29) is 5.76 Å². The number of esters is 1. The van der Waals surface area contributed by atoms with Gasteiger partial charge in [-0.1, -0.05) is 0 Å².